The molecule has 0 spiro atoms. The summed E-state index contributed by atoms with van der Waals surface area (Å²) in [7, 11) is -0.592. The first kappa shape index (κ1) is 22.5. The Balaban J connectivity index is 1.74. The van der Waals surface area contributed by atoms with E-state index in [-0.39, 0.29) is 17.3 Å². The number of hydrogen-bond donors (Lipinski definition) is 2. The number of sulfonamides is 1. The normalized spacial score (nSPS) is 11.5. The number of hydrogen-bond acceptors (Lipinski definition) is 5. The van der Waals surface area contributed by atoms with Gasteiger partial charge in [0.05, 0.1) is 34.2 Å². The van der Waals surface area contributed by atoms with Crippen LogP contribution < -0.4 is 10.6 Å². The van der Waals surface area contributed by atoms with Gasteiger partial charge in [0.1, 0.15) is 0 Å². The molecule has 0 radical (unpaired) electrons. The van der Waals surface area contributed by atoms with Gasteiger partial charge in [-0.05, 0) is 50.6 Å². The molecule has 0 bridgehead atoms. The second kappa shape index (κ2) is 8.91. The van der Waals surface area contributed by atoms with Crippen molar-refractivity contribution in [2.45, 2.75) is 25.7 Å². The lowest BCUT2D eigenvalue weighted by molar-refractivity contribution is -0.114. The molecular formula is C22H27N5O3S. The topological polar surface area (TPSA) is 96.3 Å². The van der Waals surface area contributed by atoms with Gasteiger partial charge in [0, 0.05) is 19.8 Å². The van der Waals surface area contributed by atoms with E-state index in [2.05, 4.69) is 15.7 Å². The summed E-state index contributed by atoms with van der Waals surface area (Å²) in [6.45, 7) is 5.58. The Kier molecular flexibility index (Phi) is 6.47. The van der Waals surface area contributed by atoms with Crippen molar-refractivity contribution >= 4 is 27.3 Å². The quantitative estimate of drug-likeness (QED) is 0.587. The van der Waals surface area contributed by atoms with Crippen molar-refractivity contribution in [3.05, 3.63) is 65.5 Å². The SMILES string of the molecule is Cc1ccc(S(=O)(=O)N(C)C)cc1NCC(=O)Nc1c(C)nn(-c2ccccc2)c1C. The number of aryl methyl sites for hydroxylation is 2. The number of anilines is 2. The van der Waals surface area contributed by atoms with E-state index in [0.29, 0.717) is 17.1 Å². The number of benzene rings is 2. The zero-order valence-corrected chi connectivity index (χ0v) is 19.1. The molecule has 0 aliphatic heterocycles. The Labute approximate surface area is 182 Å². The van der Waals surface area contributed by atoms with Gasteiger partial charge in [0.2, 0.25) is 15.9 Å². The van der Waals surface area contributed by atoms with Crippen LogP contribution in [0.5, 0.6) is 0 Å². The third-order valence-electron chi connectivity index (χ3n) is 4.98. The van der Waals surface area contributed by atoms with E-state index in [1.165, 1.54) is 14.1 Å². The van der Waals surface area contributed by atoms with E-state index in [0.717, 1.165) is 21.2 Å². The predicted molar refractivity (Wildman–Crippen MR) is 122 cm³/mol. The molecule has 9 heteroatoms. The van der Waals surface area contributed by atoms with Crippen LogP contribution in [0.1, 0.15) is 17.0 Å². The number of aromatic nitrogens is 2. The van der Waals surface area contributed by atoms with Crippen LogP contribution in [-0.2, 0) is 14.8 Å². The van der Waals surface area contributed by atoms with Crippen molar-refractivity contribution in [2.24, 2.45) is 0 Å². The second-order valence-corrected chi connectivity index (χ2v) is 9.61. The summed E-state index contributed by atoms with van der Waals surface area (Å²) in [5.74, 6) is -0.251. The van der Waals surface area contributed by atoms with Crippen molar-refractivity contribution in [1.29, 1.82) is 0 Å². The molecule has 0 aliphatic carbocycles. The number of carbonyl (C=O) groups is 1. The lowest BCUT2D eigenvalue weighted by Crippen LogP contribution is -2.24. The zero-order valence-electron chi connectivity index (χ0n) is 18.3. The van der Waals surface area contributed by atoms with E-state index >= 15 is 0 Å². The van der Waals surface area contributed by atoms with Crippen molar-refractivity contribution in [2.75, 3.05) is 31.3 Å². The van der Waals surface area contributed by atoms with Crippen LogP contribution in [0.25, 0.3) is 5.69 Å². The standard InChI is InChI=1S/C22H27N5O3S/c1-15-11-12-19(31(29,30)26(4)5)13-20(15)23-14-21(28)24-22-16(2)25-27(17(22)3)18-9-7-6-8-10-18/h6-13,23H,14H2,1-5H3,(H,24,28). The molecule has 8 nitrogen and oxygen atoms in total. The van der Waals surface area contributed by atoms with Crippen molar-refractivity contribution in [3.8, 4) is 5.69 Å². The maximum atomic E-state index is 12.6. The maximum absolute atomic E-state index is 12.6. The summed E-state index contributed by atoms with van der Waals surface area (Å²) in [5.41, 5.74) is 4.55. The molecule has 1 heterocycles. The first-order chi connectivity index (χ1) is 14.6. The molecule has 0 atom stereocenters. The zero-order chi connectivity index (χ0) is 22.8. The lowest BCUT2D eigenvalue weighted by atomic mass is 10.2. The molecule has 0 aliphatic rings. The first-order valence-electron chi connectivity index (χ1n) is 9.80. The Morgan fingerprint density at radius 3 is 2.39 bits per heavy atom. The summed E-state index contributed by atoms with van der Waals surface area (Å²) in [5, 5.41) is 10.5. The highest BCUT2D eigenvalue weighted by Gasteiger charge is 2.19. The van der Waals surface area contributed by atoms with Gasteiger partial charge in [-0.1, -0.05) is 24.3 Å². The fraction of sp³-hybridized carbons (Fsp3) is 0.273. The summed E-state index contributed by atoms with van der Waals surface area (Å²) in [6, 6.07) is 14.5. The number of carbonyl (C=O) groups excluding carboxylic acids is 1. The van der Waals surface area contributed by atoms with Crippen LogP contribution in [0.15, 0.2) is 53.4 Å². The van der Waals surface area contributed by atoms with Crippen molar-refractivity contribution in [1.82, 2.24) is 14.1 Å². The van der Waals surface area contributed by atoms with Gasteiger partial charge in [-0.15, -0.1) is 0 Å². The second-order valence-electron chi connectivity index (χ2n) is 7.46. The number of nitrogens with zero attached hydrogens (tertiary/aromatic N) is 3. The minimum atomic E-state index is -3.56. The third-order valence-corrected chi connectivity index (χ3v) is 6.79. The van der Waals surface area contributed by atoms with Crippen LogP contribution >= 0.6 is 0 Å². The number of amides is 1. The molecule has 31 heavy (non-hydrogen) atoms. The molecule has 0 fully saturated rings. The summed E-state index contributed by atoms with van der Waals surface area (Å²) in [4.78, 5) is 12.8. The fourth-order valence-electron chi connectivity index (χ4n) is 3.17. The van der Waals surface area contributed by atoms with Crippen LogP contribution in [0.4, 0.5) is 11.4 Å². The summed E-state index contributed by atoms with van der Waals surface area (Å²) in [6.07, 6.45) is 0. The number of rotatable bonds is 7. The smallest absolute Gasteiger partial charge is 0.243 e. The van der Waals surface area contributed by atoms with Gasteiger partial charge in [-0.3, -0.25) is 4.79 Å². The number of nitrogens with one attached hydrogen (secondary N) is 2. The van der Waals surface area contributed by atoms with Crippen LogP contribution in [0, 0.1) is 20.8 Å². The molecule has 164 valence electrons. The molecule has 3 aromatic rings. The Hall–Kier alpha value is -3.17. The molecular weight excluding hydrogens is 414 g/mol. The molecule has 0 saturated heterocycles. The van der Waals surface area contributed by atoms with E-state index < -0.39 is 10.0 Å². The fourth-order valence-corrected chi connectivity index (χ4v) is 4.09. The highest BCUT2D eigenvalue weighted by atomic mass is 32.2. The number of para-hydroxylation sites is 1. The molecule has 2 N–H and O–H groups in total. The van der Waals surface area contributed by atoms with Crippen molar-refractivity contribution in [3.63, 3.8) is 0 Å². The molecule has 3 rings (SSSR count). The summed E-state index contributed by atoms with van der Waals surface area (Å²) < 4.78 is 27.7. The van der Waals surface area contributed by atoms with Crippen LogP contribution in [-0.4, -0.2) is 49.1 Å². The highest BCUT2D eigenvalue weighted by Crippen LogP contribution is 2.24. The third kappa shape index (κ3) is 4.78. The van der Waals surface area contributed by atoms with Gasteiger partial charge < -0.3 is 10.6 Å². The first-order valence-corrected chi connectivity index (χ1v) is 11.2. The minimum absolute atomic E-state index is 0.0122. The van der Waals surface area contributed by atoms with Gasteiger partial charge in [-0.25, -0.2) is 17.4 Å². The molecule has 1 amide bonds. The summed E-state index contributed by atoms with van der Waals surface area (Å²) >= 11 is 0. The average Bonchev–Trinajstić information content (AvgIpc) is 3.01. The predicted octanol–water partition coefficient (Wildman–Crippen LogP) is 3.10. The maximum Gasteiger partial charge on any atom is 0.243 e. The molecule has 0 saturated carbocycles. The molecule has 2 aromatic carbocycles. The average molecular weight is 442 g/mol. The van der Waals surface area contributed by atoms with Gasteiger partial charge in [0.15, 0.2) is 0 Å². The highest BCUT2D eigenvalue weighted by molar-refractivity contribution is 7.89. The molecule has 0 unspecified atom stereocenters. The molecule has 1 aromatic heterocycles. The Morgan fingerprint density at radius 1 is 1.06 bits per heavy atom. The van der Waals surface area contributed by atoms with Crippen LogP contribution in [0.3, 0.4) is 0 Å². The van der Waals surface area contributed by atoms with E-state index in [1.807, 2.05) is 51.1 Å². The van der Waals surface area contributed by atoms with Gasteiger partial charge in [-0.2, -0.15) is 5.10 Å². The monoisotopic (exact) mass is 441 g/mol. The van der Waals surface area contributed by atoms with Gasteiger partial charge in [0.25, 0.3) is 0 Å². The van der Waals surface area contributed by atoms with E-state index in [9.17, 15) is 13.2 Å². The Bertz CT molecular complexity index is 1200. The van der Waals surface area contributed by atoms with Gasteiger partial charge >= 0.3 is 0 Å². The Morgan fingerprint density at radius 2 is 1.74 bits per heavy atom. The lowest BCUT2D eigenvalue weighted by Gasteiger charge is -2.15. The van der Waals surface area contributed by atoms with E-state index in [4.69, 9.17) is 0 Å². The largest absolute Gasteiger partial charge is 0.376 e. The van der Waals surface area contributed by atoms with Crippen molar-refractivity contribution < 1.29 is 13.2 Å². The van der Waals surface area contributed by atoms with Crippen LogP contribution in [0.2, 0.25) is 0 Å². The van der Waals surface area contributed by atoms with E-state index in [1.54, 1.807) is 22.9 Å². The minimum Gasteiger partial charge on any atom is -0.376 e.